The molecule has 0 bridgehead atoms. The first-order valence-electron chi connectivity index (χ1n) is 8.56. The van der Waals surface area contributed by atoms with Crippen molar-refractivity contribution in [3.63, 3.8) is 0 Å². The number of rotatable bonds is 6. The van der Waals surface area contributed by atoms with Crippen LogP contribution in [0.1, 0.15) is 21.5 Å². The van der Waals surface area contributed by atoms with Crippen molar-refractivity contribution in [2.45, 2.75) is 18.4 Å². The Bertz CT molecular complexity index is 1060. The molecule has 0 heterocycles. The van der Waals surface area contributed by atoms with Crippen LogP contribution in [0.2, 0.25) is 5.02 Å². The second-order valence-corrected chi connectivity index (χ2v) is 8.42. The lowest BCUT2D eigenvalue weighted by Crippen LogP contribution is -2.22. The first kappa shape index (κ1) is 19.9. The molecule has 0 saturated carbocycles. The lowest BCUT2D eigenvalue weighted by atomic mass is 10.2. The highest BCUT2D eigenvalue weighted by Crippen LogP contribution is 2.17. The van der Waals surface area contributed by atoms with Crippen molar-refractivity contribution in [3.05, 3.63) is 94.5 Å². The Morgan fingerprint density at radius 3 is 2.11 bits per heavy atom. The maximum atomic E-state index is 12.4. The van der Waals surface area contributed by atoms with Gasteiger partial charge in [-0.1, -0.05) is 41.4 Å². The van der Waals surface area contributed by atoms with Crippen LogP contribution in [0.5, 0.6) is 0 Å². The van der Waals surface area contributed by atoms with Gasteiger partial charge in [0.05, 0.1) is 4.90 Å². The van der Waals surface area contributed by atoms with Crippen LogP contribution in [-0.2, 0) is 16.6 Å². The average Bonchev–Trinajstić information content (AvgIpc) is 2.68. The number of carbonyl (C=O) groups is 1. The third kappa shape index (κ3) is 5.12. The van der Waals surface area contributed by atoms with E-state index in [9.17, 15) is 13.2 Å². The van der Waals surface area contributed by atoms with Crippen LogP contribution in [0.15, 0.2) is 77.7 Å². The van der Waals surface area contributed by atoms with Crippen LogP contribution in [0, 0.1) is 6.92 Å². The fourth-order valence-electron chi connectivity index (χ4n) is 2.51. The highest BCUT2D eigenvalue weighted by atomic mass is 35.5. The summed E-state index contributed by atoms with van der Waals surface area (Å²) in [7, 11) is -3.67. The highest BCUT2D eigenvalue weighted by Gasteiger charge is 2.14. The summed E-state index contributed by atoms with van der Waals surface area (Å²) in [6.45, 7) is 2.26. The molecule has 0 unspecified atom stereocenters. The summed E-state index contributed by atoms with van der Waals surface area (Å²) in [5, 5.41) is 3.45. The Morgan fingerprint density at radius 2 is 1.50 bits per heavy atom. The number of halogens is 1. The predicted octanol–water partition coefficient (Wildman–Crippen LogP) is 4.38. The van der Waals surface area contributed by atoms with Gasteiger partial charge in [-0.25, -0.2) is 8.42 Å². The Hall–Kier alpha value is -2.83. The molecule has 0 aliphatic rings. The molecule has 7 heteroatoms. The maximum absolute atomic E-state index is 12.4. The molecule has 0 aliphatic carbocycles. The average molecular weight is 415 g/mol. The Kier molecular flexibility index (Phi) is 6.02. The van der Waals surface area contributed by atoms with Crippen molar-refractivity contribution >= 4 is 33.2 Å². The third-order valence-corrected chi connectivity index (χ3v) is 5.75. The zero-order valence-electron chi connectivity index (χ0n) is 15.1. The van der Waals surface area contributed by atoms with Crippen molar-refractivity contribution in [3.8, 4) is 0 Å². The molecule has 1 amide bonds. The zero-order chi connectivity index (χ0) is 20.1. The van der Waals surface area contributed by atoms with Crippen molar-refractivity contribution in [2.24, 2.45) is 0 Å². The van der Waals surface area contributed by atoms with Gasteiger partial charge >= 0.3 is 0 Å². The fourth-order valence-corrected chi connectivity index (χ4v) is 3.69. The van der Waals surface area contributed by atoms with Crippen LogP contribution in [-0.4, -0.2) is 14.3 Å². The molecule has 3 aromatic carbocycles. The molecule has 3 rings (SSSR count). The van der Waals surface area contributed by atoms with E-state index in [2.05, 4.69) is 10.0 Å². The minimum Gasteiger partial charge on any atom is -0.348 e. The van der Waals surface area contributed by atoms with Gasteiger partial charge in [0.25, 0.3) is 15.9 Å². The number of hydrogen-bond acceptors (Lipinski definition) is 3. The molecule has 28 heavy (non-hydrogen) atoms. The molecule has 0 spiro atoms. The summed E-state index contributed by atoms with van der Waals surface area (Å²) in [6, 6.07) is 20.0. The van der Waals surface area contributed by atoms with E-state index in [1.165, 1.54) is 0 Å². The molecule has 0 fully saturated rings. The Morgan fingerprint density at radius 1 is 0.893 bits per heavy atom. The second kappa shape index (κ2) is 8.46. The first-order valence-corrected chi connectivity index (χ1v) is 10.4. The quantitative estimate of drug-likeness (QED) is 0.628. The van der Waals surface area contributed by atoms with Gasteiger partial charge in [0.1, 0.15) is 0 Å². The number of carbonyl (C=O) groups excluding carboxylic acids is 1. The molecule has 0 saturated heterocycles. The molecule has 0 aromatic heterocycles. The van der Waals surface area contributed by atoms with Crippen molar-refractivity contribution < 1.29 is 13.2 Å². The number of hydrogen-bond donors (Lipinski definition) is 2. The second-order valence-electron chi connectivity index (χ2n) is 6.31. The number of aryl methyl sites for hydroxylation is 1. The van der Waals surface area contributed by atoms with E-state index in [-0.39, 0.29) is 10.8 Å². The van der Waals surface area contributed by atoms with Crippen LogP contribution in [0.3, 0.4) is 0 Å². The number of sulfonamides is 1. The molecular formula is C21H19ClN2O3S. The summed E-state index contributed by atoms with van der Waals surface area (Å²) in [6.07, 6.45) is 0. The minimum absolute atomic E-state index is 0.183. The molecular weight excluding hydrogens is 396 g/mol. The maximum Gasteiger partial charge on any atom is 0.261 e. The van der Waals surface area contributed by atoms with Crippen LogP contribution < -0.4 is 10.0 Å². The molecule has 0 radical (unpaired) electrons. The van der Waals surface area contributed by atoms with E-state index in [4.69, 9.17) is 11.6 Å². The van der Waals surface area contributed by atoms with Crippen LogP contribution in [0.25, 0.3) is 0 Å². The molecule has 5 nitrogen and oxygen atoms in total. The van der Waals surface area contributed by atoms with E-state index < -0.39 is 10.0 Å². The molecule has 3 aromatic rings. The first-order chi connectivity index (χ1) is 13.3. The van der Waals surface area contributed by atoms with E-state index >= 15 is 0 Å². The monoisotopic (exact) mass is 414 g/mol. The van der Waals surface area contributed by atoms with Crippen molar-refractivity contribution in [2.75, 3.05) is 4.72 Å². The zero-order valence-corrected chi connectivity index (χ0v) is 16.7. The van der Waals surface area contributed by atoms with E-state index in [1.54, 1.807) is 60.7 Å². The lowest BCUT2D eigenvalue weighted by Gasteiger charge is -2.10. The smallest absolute Gasteiger partial charge is 0.261 e. The van der Waals surface area contributed by atoms with Crippen molar-refractivity contribution in [1.82, 2.24) is 5.32 Å². The third-order valence-electron chi connectivity index (χ3n) is 4.10. The van der Waals surface area contributed by atoms with Gasteiger partial charge in [0.15, 0.2) is 0 Å². The SMILES string of the molecule is Cc1ccc(S(=O)(=O)Nc2ccc(C(=O)NCc3ccc(Cl)cc3)cc2)cc1. The molecule has 144 valence electrons. The number of nitrogens with one attached hydrogen (secondary N) is 2. The van der Waals surface area contributed by atoms with Gasteiger partial charge in [-0.15, -0.1) is 0 Å². The highest BCUT2D eigenvalue weighted by molar-refractivity contribution is 7.92. The molecule has 2 N–H and O–H groups in total. The summed E-state index contributed by atoms with van der Waals surface area (Å²) in [5.74, 6) is -0.247. The van der Waals surface area contributed by atoms with Gasteiger partial charge in [-0.05, 0) is 61.0 Å². The normalized spacial score (nSPS) is 11.1. The number of anilines is 1. The number of benzene rings is 3. The lowest BCUT2D eigenvalue weighted by molar-refractivity contribution is 0.0951. The standard InChI is InChI=1S/C21H19ClN2O3S/c1-15-2-12-20(13-3-15)28(26,27)24-19-10-6-17(7-11-19)21(25)23-14-16-4-8-18(22)9-5-16/h2-13,24H,14H2,1H3,(H,23,25). The molecule has 0 aliphatic heterocycles. The van der Waals surface area contributed by atoms with Crippen LogP contribution in [0.4, 0.5) is 5.69 Å². The Labute approximate surface area is 169 Å². The predicted molar refractivity (Wildman–Crippen MR) is 111 cm³/mol. The van der Waals surface area contributed by atoms with Crippen molar-refractivity contribution in [1.29, 1.82) is 0 Å². The topological polar surface area (TPSA) is 75.3 Å². The molecule has 0 atom stereocenters. The van der Waals surface area contributed by atoms with Gasteiger partial charge in [-0.3, -0.25) is 9.52 Å². The van der Waals surface area contributed by atoms with Gasteiger partial charge in [0, 0.05) is 22.8 Å². The van der Waals surface area contributed by atoms with Crippen LogP contribution >= 0.6 is 11.6 Å². The van der Waals surface area contributed by atoms with E-state index in [0.717, 1.165) is 11.1 Å². The minimum atomic E-state index is -3.67. The Balaban J connectivity index is 1.63. The number of amides is 1. The van der Waals surface area contributed by atoms with E-state index in [1.807, 2.05) is 19.1 Å². The van der Waals surface area contributed by atoms with E-state index in [0.29, 0.717) is 22.8 Å². The summed E-state index contributed by atoms with van der Waals surface area (Å²) >= 11 is 5.84. The summed E-state index contributed by atoms with van der Waals surface area (Å²) < 4.78 is 27.3. The fraction of sp³-hybridized carbons (Fsp3) is 0.0952. The largest absolute Gasteiger partial charge is 0.348 e. The van der Waals surface area contributed by atoms with Gasteiger partial charge in [0.2, 0.25) is 0 Å². The van der Waals surface area contributed by atoms with Gasteiger partial charge in [-0.2, -0.15) is 0 Å². The summed E-state index contributed by atoms with van der Waals surface area (Å²) in [4.78, 5) is 12.4. The summed E-state index contributed by atoms with van der Waals surface area (Å²) in [5.41, 5.74) is 2.73. The van der Waals surface area contributed by atoms with Gasteiger partial charge < -0.3 is 5.32 Å².